The zero-order valence-corrected chi connectivity index (χ0v) is 12.3. The molecule has 7 heteroatoms. The van der Waals surface area contributed by atoms with Gasteiger partial charge in [-0.2, -0.15) is 0 Å². The van der Waals surface area contributed by atoms with E-state index in [9.17, 15) is 14.4 Å². The van der Waals surface area contributed by atoms with Gasteiger partial charge in [0.05, 0.1) is 6.61 Å². The fourth-order valence-corrected chi connectivity index (χ4v) is 1.82. The van der Waals surface area contributed by atoms with Gasteiger partial charge >= 0.3 is 18.0 Å². The molecule has 0 aromatic rings. The average Bonchev–Trinajstić information content (AvgIpc) is 2.32. The van der Waals surface area contributed by atoms with Crippen LogP contribution in [0.15, 0.2) is 0 Å². The number of ether oxygens (including phenoxy) is 1. The Balaban J connectivity index is 4.03. The second-order valence-electron chi connectivity index (χ2n) is 4.96. The van der Waals surface area contributed by atoms with E-state index in [2.05, 4.69) is 15.4 Å². The van der Waals surface area contributed by atoms with E-state index in [-0.39, 0.29) is 32.0 Å². The fraction of sp³-hybridized carbons (Fsp3) is 0.769. The Bertz CT molecular complexity index is 331. The molecule has 7 nitrogen and oxygen atoms in total. The zero-order chi connectivity index (χ0) is 15.5. The third kappa shape index (κ3) is 10.2. The number of amides is 2. The molecular weight excluding hydrogens is 264 g/mol. The van der Waals surface area contributed by atoms with Crippen molar-refractivity contribution >= 4 is 18.0 Å². The molecule has 0 rings (SSSR count). The molecule has 0 aromatic heterocycles. The van der Waals surface area contributed by atoms with E-state index in [0.717, 1.165) is 0 Å². The first-order chi connectivity index (χ1) is 9.35. The summed E-state index contributed by atoms with van der Waals surface area (Å²) in [5.74, 6) is -1.17. The van der Waals surface area contributed by atoms with Crippen LogP contribution in [0.1, 0.15) is 33.6 Å². The van der Waals surface area contributed by atoms with Crippen LogP contribution in [0.5, 0.6) is 0 Å². The molecule has 2 amide bonds. The van der Waals surface area contributed by atoms with Crippen LogP contribution in [-0.2, 0) is 14.3 Å². The van der Waals surface area contributed by atoms with Gasteiger partial charge in [0.15, 0.2) is 0 Å². The number of carboxylic acid groups (broad SMARTS) is 1. The van der Waals surface area contributed by atoms with Crippen molar-refractivity contribution in [3.05, 3.63) is 0 Å². The SMILES string of the molecule is CCOC(=O)CNC(=O)NCC(CC(=O)O)CC(C)C. The number of hydrogen-bond acceptors (Lipinski definition) is 4. The molecule has 0 heterocycles. The topological polar surface area (TPSA) is 105 Å². The van der Waals surface area contributed by atoms with Crippen molar-refractivity contribution in [2.75, 3.05) is 19.7 Å². The van der Waals surface area contributed by atoms with Gasteiger partial charge in [-0.25, -0.2) is 4.79 Å². The summed E-state index contributed by atoms with van der Waals surface area (Å²) in [7, 11) is 0. The number of carbonyl (C=O) groups is 3. The van der Waals surface area contributed by atoms with Crippen molar-refractivity contribution in [3.8, 4) is 0 Å². The summed E-state index contributed by atoms with van der Waals surface area (Å²) in [4.78, 5) is 33.2. The highest BCUT2D eigenvalue weighted by Gasteiger charge is 2.16. The van der Waals surface area contributed by atoms with Crippen molar-refractivity contribution in [3.63, 3.8) is 0 Å². The van der Waals surface area contributed by atoms with Crippen molar-refractivity contribution in [2.24, 2.45) is 11.8 Å². The predicted molar refractivity (Wildman–Crippen MR) is 73.2 cm³/mol. The van der Waals surface area contributed by atoms with Gasteiger partial charge in [-0.1, -0.05) is 13.8 Å². The van der Waals surface area contributed by atoms with Crippen molar-refractivity contribution in [1.29, 1.82) is 0 Å². The Morgan fingerprint density at radius 3 is 2.35 bits per heavy atom. The zero-order valence-electron chi connectivity index (χ0n) is 12.3. The Kier molecular flexibility index (Phi) is 9.15. The molecule has 116 valence electrons. The normalized spacial score (nSPS) is 11.8. The van der Waals surface area contributed by atoms with Gasteiger partial charge < -0.3 is 20.5 Å². The molecule has 0 saturated carbocycles. The van der Waals surface area contributed by atoms with Crippen LogP contribution < -0.4 is 10.6 Å². The van der Waals surface area contributed by atoms with Crippen molar-refractivity contribution < 1.29 is 24.2 Å². The van der Waals surface area contributed by atoms with E-state index in [0.29, 0.717) is 12.3 Å². The molecule has 20 heavy (non-hydrogen) atoms. The lowest BCUT2D eigenvalue weighted by Crippen LogP contribution is -2.41. The number of hydrogen-bond donors (Lipinski definition) is 3. The quantitative estimate of drug-likeness (QED) is 0.549. The molecule has 0 fully saturated rings. The van der Waals surface area contributed by atoms with Crippen molar-refractivity contribution in [2.45, 2.75) is 33.6 Å². The molecular formula is C13H24N2O5. The number of rotatable bonds is 9. The summed E-state index contributed by atoms with van der Waals surface area (Å²) in [6.07, 6.45) is 0.723. The minimum absolute atomic E-state index is 0.0103. The maximum atomic E-state index is 11.5. The molecule has 0 aliphatic heterocycles. The lowest BCUT2D eigenvalue weighted by Gasteiger charge is -2.17. The van der Waals surface area contributed by atoms with Crippen LogP contribution in [0, 0.1) is 11.8 Å². The number of esters is 1. The van der Waals surface area contributed by atoms with Crippen LogP contribution in [0.25, 0.3) is 0 Å². The minimum atomic E-state index is -0.885. The highest BCUT2D eigenvalue weighted by molar-refractivity contribution is 5.80. The summed E-state index contributed by atoms with van der Waals surface area (Å²) in [6, 6.07) is -0.503. The molecule has 0 radical (unpaired) electrons. The first-order valence-corrected chi connectivity index (χ1v) is 6.74. The third-order valence-corrected chi connectivity index (χ3v) is 2.52. The minimum Gasteiger partial charge on any atom is -0.481 e. The molecule has 3 N–H and O–H groups in total. The van der Waals surface area contributed by atoms with Gasteiger partial charge in [-0.15, -0.1) is 0 Å². The lowest BCUT2D eigenvalue weighted by atomic mass is 9.94. The Hall–Kier alpha value is -1.79. The first-order valence-electron chi connectivity index (χ1n) is 6.74. The largest absolute Gasteiger partial charge is 0.481 e. The maximum Gasteiger partial charge on any atom is 0.325 e. The summed E-state index contributed by atoms with van der Waals surface area (Å²) >= 11 is 0. The van der Waals surface area contributed by atoms with Gasteiger partial charge in [0, 0.05) is 13.0 Å². The molecule has 1 atom stereocenters. The van der Waals surface area contributed by atoms with Gasteiger partial charge in [-0.05, 0) is 25.2 Å². The Morgan fingerprint density at radius 1 is 1.20 bits per heavy atom. The third-order valence-electron chi connectivity index (χ3n) is 2.52. The van der Waals surface area contributed by atoms with Crippen LogP contribution in [-0.4, -0.2) is 42.8 Å². The summed E-state index contributed by atoms with van der Waals surface area (Å²) in [5.41, 5.74) is 0. The van der Waals surface area contributed by atoms with E-state index in [4.69, 9.17) is 5.11 Å². The molecule has 0 aliphatic carbocycles. The maximum absolute atomic E-state index is 11.5. The van der Waals surface area contributed by atoms with Crippen LogP contribution >= 0.6 is 0 Å². The highest BCUT2D eigenvalue weighted by Crippen LogP contribution is 2.14. The standard InChI is InChI=1S/C13H24N2O5/c1-4-20-12(18)8-15-13(19)14-7-10(5-9(2)3)6-11(16)17/h9-10H,4-8H2,1-3H3,(H,16,17)(H2,14,15,19). The van der Waals surface area contributed by atoms with Crippen molar-refractivity contribution in [1.82, 2.24) is 10.6 Å². The molecule has 0 spiro atoms. The summed E-state index contributed by atoms with van der Waals surface area (Å²) in [6.45, 7) is 6.00. The number of nitrogens with one attached hydrogen (secondary N) is 2. The fourth-order valence-electron chi connectivity index (χ4n) is 1.82. The number of carbonyl (C=O) groups excluding carboxylic acids is 2. The first kappa shape index (κ1) is 18.2. The van der Waals surface area contributed by atoms with E-state index >= 15 is 0 Å². The molecule has 0 aliphatic rings. The van der Waals surface area contributed by atoms with E-state index in [1.807, 2.05) is 13.8 Å². The van der Waals surface area contributed by atoms with E-state index in [1.165, 1.54) is 0 Å². The predicted octanol–water partition coefficient (Wildman–Crippen LogP) is 0.986. The Morgan fingerprint density at radius 2 is 1.85 bits per heavy atom. The number of carboxylic acids is 1. The smallest absolute Gasteiger partial charge is 0.325 e. The number of urea groups is 1. The van der Waals surface area contributed by atoms with E-state index in [1.54, 1.807) is 6.92 Å². The van der Waals surface area contributed by atoms with Crippen LogP contribution in [0.4, 0.5) is 4.79 Å². The van der Waals surface area contributed by atoms with Gasteiger partial charge in [0.1, 0.15) is 6.54 Å². The molecule has 0 bridgehead atoms. The summed E-state index contributed by atoms with van der Waals surface area (Å²) in [5, 5.41) is 13.7. The Labute approximate surface area is 119 Å². The second-order valence-corrected chi connectivity index (χ2v) is 4.96. The van der Waals surface area contributed by atoms with E-state index < -0.39 is 18.0 Å². The number of aliphatic carboxylic acids is 1. The van der Waals surface area contributed by atoms with Gasteiger partial charge in [0.25, 0.3) is 0 Å². The van der Waals surface area contributed by atoms with Crippen LogP contribution in [0.3, 0.4) is 0 Å². The second kappa shape index (κ2) is 10.1. The van der Waals surface area contributed by atoms with Gasteiger partial charge in [0.2, 0.25) is 0 Å². The molecule has 0 saturated heterocycles. The highest BCUT2D eigenvalue weighted by atomic mass is 16.5. The lowest BCUT2D eigenvalue weighted by molar-refractivity contribution is -0.142. The molecule has 1 unspecified atom stereocenters. The monoisotopic (exact) mass is 288 g/mol. The van der Waals surface area contributed by atoms with Gasteiger partial charge in [-0.3, -0.25) is 9.59 Å². The summed E-state index contributed by atoms with van der Waals surface area (Å²) < 4.78 is 4.66. The molecule has 0 aromatic carbocycles. The van der Waals surface area contributed by atoms with Crippen LogP contribution in [0.2, 0.25) is 0 Å². The average molecular weight is 288 g/mol.